The molecule has 0 aromatic rings. The number of rotatable bonds is 6. The molecule has 0 aromatic heterocycles. The number of carbonyl (C=O) groups excluding carboxylic acids is 2. The zero-order valence-corrected chi connectivity index (χ0v) is 11.4. The van der Waals surface area contributed by atoms with Gasteiger partial charge in [0, 0.05) is 19.6 Å². The number of nitrogens with one attached hydrogen (secondary N) is 1. The predicted molar refractivity (Wildman–Crippen MR) is 68.4 cm³/mol. The van der Waals surface area contributed by atoms with Crippen molar-refractivity contribution in [2.45, 2.75) is 31.3 Å². The van der Waals surface area contributed by atoms with Gasteiger partial charge in [0.2, 0.25) is 0 Å². The quantitative estimate of drug-likeness (QED) is 0.637. The summed E-state index contributed by atoms with van der Waals surface area (Å²) in [5.74, 6) is 0.0130. The fraction of sp³-hybridized carbons (Fsp3) is 0.846. The van der Waals surface area contributed by atoms with Gasteiger partial charge >= 0.3 is 5.97 Å². The molecule has 2 rings (SSSR count). The molecule has 0 unspecified atom stereocenters. The molecule has 6 heteroatoms. The third kappa shape index (κ3) is 3.67. The highest BCUT2D eigenvalue weighted by molar-refractivity contribution is 5.86. The van der Waals surface area contributed by atoms with Crippen LogP contribution in [0.15, 0.2) is 0 Å². The number of carbonyl (C=O) groups is 2. The molecule has 19 heavy (non-hydrogen) atoms. The number of hydrogen-bond donors (Lipinski definition) is 2. The molecule has 2 N–H and O–H groups in total. The van der Waals surface area contributed by atoms with Crippen LogP contribution >= 0.6 is 0 Å². The third-order valence-electron chi connectivity index (χ3n) is 3.79. The first-order valence-electron chi connectivity index (χ1n) is 6.84. The molecule has 0 bridgehead atoms. The molecule has 0 aromatic carbocycles. The van der Waals surface area contributed by atoms with Gasteiger partial charge in [-0.25, -0.2) is 0 Å². The van der Waals surface area contributed by atoms with E-state index in [1.807, 2.05) is 0 Å². The molecule has 0 spiro atoms. The van der Waals surface area contributed by atoms with Crippen molar-refractivity contribution < 1.29 is 19.4 Å². The number of piperidine rings is 1. The topological polar surface area (TPSA) is 78.9 Å². The van der Waals surface area contributed by atoms with Crippen molar-refractivity contribution in [1.29, 1.82) is 0 Å². The lowest BCUT2D eigenvalue weighted by atomic mass is 9.91. The van der Waals surface area contributed by atoms with Gasteiger partial charge in [0.05, 0.1) is 13.7 Å². The van der Waals surface area contributed by atoms with Crippen LogP contribution in [-0.2, 0) is 14.3 Å². The number of hydrogen-bond acceptors (Lipinski definition) is 5. The number of methoxy groups -OCH3 is 1. The number of amides is 1. The van der Waals surface area contributed by atoms with Crippen molar-refractivity contribution in [3.05, 3.63) is 0 Å². The van der Waals surface area contributed by atoms with Crippen molar-refractivity contribution in [2.24, 2.45) is 5.92 Å². The Morgan fingerprint density at radius 1 is 1.58 bits per heavy atom. The SMILES string of the molecule is COC(=O)CNC[C@]1(O)CCCN(CC2CC2)C1=O. The molecule has 1 aliphatic carbocycles. The maximum Gasteiger partial charge on any atom is 0.319 e. The van der Waals surface area contributed by atoms with Crippen LogP contribution in [0.25, 0.3) is 0 Å². The van der Waals surface area contributed by atoms with E-state index in [0.717, 1.165) is 19.5 Å². The average molecular weight is 270 g/mol. The molecule has 2 aliphatic rings. The van der Waals surface area contributed by atoms with Crippen LogP contribution in [0.4, 0.5) is 0 Å². The number of aliphatic hydroxyl groups is 1. The van der Waals surface area contributed by atoms with Crippen LogP contribution in [-0.4, -0.2) is 60.8 Å². The Kier molecular flexibility index (Phi) is 4.42. The predicted octanol–water partition coefficient (Wildman–Crippen LogP) is -0.488. The molecule has 1 saturated heterocycles. The smallest absolute Gasteiger partial charge is 0.319 e. The first-order valence-corrected chi connectivity index (χ1v) is 6.84. The number of likely N-dealkylation sites (tertiary alicyclic amines) is 1. The average Bonchev–Trinajstić information content (AvgIpc) is 3.19. The second-order valence-electron chi connectivity index (χ2n) is 5.51. The molecule has 1 aliphatic heterocycles. The highest BCUT2D eigenvalue weighted by Crippen LogP contribution is 2.32. The number of nitrogens with zero attached hydrogens (tertiary/aromatic N) is 1. The van der Waals surface area contributed by atoms with Gasteiger partial charge in [-0.15, -0.1) is 0 Å². The van der Waals surface area contributed by atoms with Gasteiger partial charge in [-0.3, -0.25) is 9.59 Å². The van der Waals surface area contributed by atoms with Crippen LogP contribution < -0.4 is 5.32 Å². The molecular weight excluding hydrogens is 248 g/mol. The third-order valence-corrected chi connectivity index (χ3v) is 3.79. The largest absolute Gasteiger partial charge is 0.468 e. The summed E-state index contributed by atoms with van der Waals surface area (Å²) in [6.07, 6.45) is 3.61. The Labute approximate surface area is 113 Å². The van der Waals surface area contributed by atoms with Gasteiger partial charge in [0.1, 0.15) is 0 Å². The van der Waals surface area contributed by atoms with E-state index < -0.39 is 11.6 Å². The van der Waals surface area contributed by atoms with E-state index in [9.17, 15) is 14.7 Å². The summed E-state index contributed by atoms with van der Waals surface area (Å²) in [5.41, 5.74) is -1.37. The molecule has 6 nitrogen and oxygen atoms in total. The van der Waals surface area contributed by atoms with Gasteiger partial charge in [0.25, 0.3) is 5.91 Å². The lowest BCUT2D eigenvalue weighted by molar-refractivity contribution is -0.157. The summed E-state index contributed by atoms with van der Waals surface area (Å²) < 4.78 is 4.50. The second-order valence-corrected chi connectivity index (χ2v) is 5.51. The van der Waals surface area contributed by atoms with Crippen LogP contribution in [0.2, 0.25) is 0 Å². The maximum absolute atomic E-state index is 12.3. The fourth-order valence-electron chi connectivity index (χ4n) is 2.46. The van der Waals surface area contributed by atoms with Gasteiger partial charge < -0.3 is 20.1 Å². The van der Waals surface area contributed by atoms with E-state index in [4.69, 9.17) is 0 Å². The highest BCUT2D eigenvalue weighted by atomic mass is 16.5. The number of esters is 1. The van der Waals surface area contributed by atoms with Crippen molar-refractivity contribution in [1.82, 2.24) is 10.2 Å². The van der Waals surface area contributed by atoms with Crippen LogP contribution in [0.3, 0.4) is 0 Å². The first-order chi connectivity index (χ1) is 9.05. The molecule has 108 valence electrons. The van der Waals surface area contributed by atoms with Crippen molar-refractivity contribution in [3.63, 3.8) is 0 Å². The molecule has 1 saturated carbocycles. The van der Waals surface area contributed by atoms with Gasteiger partial charge in [0.15, 0.2) is 5.60 Å². The standard InChI is InChI=1S/C13H22N2O4/c1-19-11(16)7-14-9-13(18)5-2-6-15(12(13)17)8-10-3-4-10/h10,14,18H,2-9H2,1H3/t13-/m1/s1. The lowest BCUT2D eigenvalue weighted by Gasteiger charge is -2.38. The Balaban J connectivity index is 1.84. The van der Waals surface area contributed by atoms with E-state index in [0.29, 0.717) is 12.3 Å². The van der Waals surface area contributed by atoms with Crippen LogP contribution in [0.1, 0.15) is 25.7 Å². The monoisotopic (exact) mass is 270 g/mol. The van der Waals surface area contributed by atoms with Gasteiger partial charge in [-0.2, -0.15) is 0 Å². The summed E-state index contributed by atoms with van der Waals surface area (Å²) in [5, 5.41) is 13.2. The Bertz CT molecular complexity index is 357. The van der Waals surface area contributed by atoms with Crippen LogP contribution in [0.5, 0.6) is 0 Å². The van der Waals surface area contributed by atoms with Crippen molar-refractivity contribution in [3.8, 4) is 0 Å². The minimum atomic E-state index is -1.37. The normalized spacial score (nSPS) is 27.5. The first kappa shape index (κ1) is 14.3. The van der Waals surface area contributed by atoms with Crippen molar-refractivity contribution in [2.75, 3.05) is 33.3 Å². The molecule has 2 fully saturated rings. The van der Waals surface area contributed by atoms with E-state index in [2.05, 4.69) is 10.1 Å². The van der Waals surface area contributed by atoms with E-state index in [1.54, 1.807) is 4.90 Å². The molecular formula is C13H22N2O4. The summed E-state index contributed by atoms with van der Waals surface area (Å²) in [4.78, 5) is 25.0. The lowest BCUT2D eigenvalue weighted by Crippen LogP contribution is -2.58. The van der Waals surface area contributed by atoms with E-state index in [1.165, 1.54) is 20.0 Å². The summed E-state index contributed by atoms with van der Waals surface area (Å²) in [7, 11) is 1.31. The zero-order valence-electron chi connectivity index (χ0n) is 11.4. The van der Waals surface area contributed by atoms with E-state index >= 15 is 0 Å². The van der Waals surface area contributed by atoms with Crippen LogP contribution in [0, 0.1) is 5.92 Å². The second kappa shape index (κ2) is 5.88. The van der Waals surface area contributed by atoms with Gasteiger partial charge in [-0.05, 0) is 31.6 Å². The fourth-order valence-corrected chi connectivity index (χ4v) is 2.46. The minimum absolute atomic E-state index is 0.00865. The minimum Gasteiger partial charge on any atom is -0.468 e. The Morgan fingerprint density at radius 2 is 2.32 bits per heavy atom. The highest BCUT2D eigenvalue weighted by Gasteiger charge is 2.43. The Morgan fingerprint density at radius 3 is 2.95 bits per heavy atom. The maximum atomic E-state index is 12.3. The number of ether oxygens (including phenoxy) is 1. The molecule has 0 radical (unpaired) electrons. The van der Waals surface area contributed by atoms with Gasteiger partial charge in [-0.1, -0.05) is 0 Å². The van der Waals surface area contributed by atoms with Crippen molar-refractivity contribution >= 4 is 11.9 Å². The summed E-state index contributed by atoms with van der Waals surface area (Å²) >= 11 is 0. The summed E-state index contributed by atoms with van der Waals surface area (Å²) in [6, 6.07) is 0. The Hall–Kier alpha value is -1.14. The van der Waals surface area contributed by atoms with E-state index in [-0.39, 0.29) is 19.0 Å². The molecule has 1 heterocycles. The zero-order chi connectivity index (χ0) is 13.9. The molecule has 1 amide bonds. The summed E-state index contributed by atoms with van der Waals surface area (Å²) in [6.45, 7) is 1.60. The molecule has 1 atom stereocenters.